The van der Waals surface area contributed by atoms with E-state index in [0.29, 0.717) is 12.0 Å². The van der Waals surface area contributed by atoms with Crippen LogP contribution in [0.1, 0.15) is 65.7 Å². The van der Waals surface area contributed by atoms with Gasteiger partial charge in [0.15, 0.2) is 0 Å². The molecule has 1 aliphatic carbocycles. The highest BCUT2D eigenvalue weighted by atomic mass is 16.3. The summed E-state index contributed by atoms with van der Waals surface area (Å²) in [6, 6.07) is 0.555. The van der Waals surface area contributed by atoms with Crippen LogP contribution in [0.4, 0.5) is 0 Å². The topological polar surface area (TPSA) is 32.3 Å². The van der Waals surface area contributed by atoms with Crippen molar-refractivity contribution in [1.29, 1.82) is 0 Å². The van der Waals surface area contributed by atoms with Crippen LogP contribution >= 0.6 is 0 Å². The van der Waals surface area contributed by atoms with Crippen molar-refractivity contribution < 1.29 is 5.11 Å². The van der Waals surface area contributed by atoms with E-state index in [1.54, 1.807) is 0 Å². The van der Waals surface area contributed by atoms with Gasteiger partial charge in [0.2, 0.25) is 0 Å². The van der Waals surface area contributed by atoms with E-state index in [1.165, 1.54) is 32.1 Å². The van der Waals surface area contributed by atoms with Crippen molar-refractivity contribution in [1.82, 2.24) is 5.32 Å². The number of rotatable bonds is 6. The van der Waals surface area contributed by atoms with Crippen LogP contribution in [0.25, 0.3) is 0 Å². The smallest absolute Gasteiger partial charge is 0.0613 e. The molecule has 2 N–H and O–H groups in total. The van der Waals surface area contributed by atoms with E-state index < -0.39 is 0 Å². The van der Waals surface area contributed by atoms with Gasteiger partial charge < -0.3 is 10.4 Å². The van der Waals surface area contributed by atoms with Crippen LogP contribution < -0.4 is 5.32 Å². The predicted molar refractivity (Wildman–Crippen MR) is 69.6 cm³/mol. The fraction of sp³-hybridized carbons (Fsp3) is 1.00. The van der Waals surface area contributed by atoms with Crippen molar-refractivity contribution in [3.05, 3.63) is 0 Å². The number of hydrogen-bond acceptors (Lipinski definition) is 2. The zero-order valence-corrected chi connectivity index (χ0v) is 11.3. The third-order valence-electron chi connectivity index (χ3n) is 4.35. The molecule has 1 rings (SSSR count). The summed E-state index contributed by atoms with van der Waals surface area (Å²) in [5, 5.41) is 13.4. The van der Waals surface area contributed by atoms with Gasteiger partial charge in [0.1, 0.15) is 0 Å². The van der Waals surface area contributed by atoms with Gasteiger partial charge in [-0.1, -0.05) is 33.1 Å². The minimum absolute atomic E-state index is 0.0584. The van der Waals surface area contributed by atoms with Gasteiger partial charge in [-0.3, -0.25) is 0 Å². The molecular weight excluding hydrogens is 198 g/mol. The highest BCUT2D eigenvalue weighted by Crippen LogP contribution is 2.33. The summed E-state index contributed by atoms with van der Waals surface area (Å²) in [5.41, 5.74) is -0.0584. The molecule has 0 bridgehead atoms. The number of hydrogen-bond donors (Lipinski definition) is 2. The molecule has 0 radical (unpaired) electrons. The Kier molecular flexibility index (Phi) is 5.77. The number of nitrogens with one attached hydrogen (secondary N) is 1. The second-order valence-electron chi connectivity index (χ2n) is 5.57. The molecule has 0 aliphatic heterocycles. The van der Waals surface area contributed by atoms with Crippen LogP contribution in [0.5, 0.6) is 0 Å². The van der Waals surface area contributed by atoms with E-state index in [0.717, 1.165) is 12.8 Å². The molecule has 1 unspecified atom stereocenters. The van der Waals surface area contributed by atoms with Crippen LogP contribution in [0, 0.1) is 5.92 Å². The minimum atomic E-state index is -0.0584. The first-order chi connectivity index (χ1) is 7.66. The van der Waals surface area contributed by atoms with Gasteiger partial charge in [0.05, 0.1) is 6.61 Å². The Bertz CT molecular complexity index is 185. The fourth-order valence-corrected chi connectivity index (χ4v) is 2.99. The first-order valence-corrected chi connectivity index (χ1v) is 7.04. The zero-order valence-electron chi connectivity index (χ0n) is 11.3. The number of aliphatic hydroxyl groups excluding tert-OH is 1. The van der Waals surface area contributed by atoms with E-state index in [4.69, 9.17) is 0 Å². The van der Waals surface area contributed by atoms with Crippen molar-refractivity contribution in [3.8, 4) is 0 Å². The van der Waals surface area contributed by atoms with E-state index in [-0.39, 0.29) is 12.1 Å². The normalized spacial score (nSPS) is 22.3. The predicted octanol–water partition coefficient (Wildman–Crippen LogP) is 3.10. The maximum absolute atomic E-state index is 9.71. The van der Waals surface area contributed by atoms with Crippen LogP contribution in [0.3, 0.4) is 0 Å². The van der Waals surface area contributed by atoms with Gasteiger partial charge >= 0.3 is 0 Å². The highest BCUT2D eigenvalue weighted by Gasteiger charge is 2.35. The van der Waals surface area contributed by atoms with Gasteiger partial charge in [-0.05, 0) is 38.5 Å². The van der Waals surface area contributed by atoms with Gasteiger partial charge in [-0.25, -0.2) is 0 Å². The summed E-state index contributed by atoms with van der Waals surface area (Å²) >= 11 is 0. The third kappa shape index (κ3) is 3.46. The maximum Gasteiger partial charge on any atom is 0.0613 e. The highest BCUT2D eigenvalue weighted by molar-refractivity contribution is 4.93. The molecule has 96 valence electrons. The lowest BCUT2D eigenvalue weighted by atomic mass is 9.75. The molecule has 1 aliphatic rings. The van der Waals surface area contributed by atoms with Crippen LogP contribution in [0.15, 0.2) is 0 Å². The summed E-state index contributed by atoms with van der Waals surface area (Å²) in [4.78, 5) is 0. The average Bonchev–Trinajstić information content (AvgIpc) is 2.36. The molecule has 0 aromatic heterocycles. The van der Waals surface area contributed by atoms with Crippen LogP contribution in [-0.4, -0.2) is 23.3 Å². The molecule has 0 aromatic carbocycles. The second kappa shape index (κ2) is 6.61. The Hall–Kier alpha value is -0.0800. The Labute approximate surface area is 101 Å². The lowest BCUT2D eigenvalue weighted by molar-refractivity contribution is 0.0827. The standard InChI is InChI=1S/C14H29NO/c1-4-13(5-2)15-14(3,11-16)12-9-7-6-8-10-12/h12-13,15-16H,4-11H2,1-3H3. The molecule has 1 saturated carbocycles. The largest absolute Gasteiger partial charge is 0.394 e. The summed E-state index contributed by atoms with van der Waals surface area (Å²) in [6.45, 7) is 6.93. The monoisotopic (exact) mass is 227 g/mol. The van der Waals surface area contributed by atoms with Crippen molar-refractivity contribution in [2.75, 3.05) is 6.61 Å². The summed E-state index contributed by atoms with van der Waals surface area (Å²) in [5.74, 6) is 0.659. The molecule has 2 nitrogen and oxygen atoms in total. The summed E-state index contributed by atoms with van der Waals surface area (Å²) < 4.78 is 0. The van der Waals surface area contributed by atoms with E-state index in [9.17, 15) is 5.11 Å². The molecule has 2 heteroatoms. The van der Waals surface area contributed by atoms with Crippen molar-refractivity contribution >= 4 is 0 Å². The first kappa shape index (κ1) is 14.0. The van der Waals surface area contributed by atoms with Crippen molar-refractivity contribution in [3.63, 3.8) is 0 Å². The second-order valence-corrected chi connectivity index (χ2v) is 5.57. The first-order valence-electron chi connectivity index (χ1n) is 7.04. The maximum atomic E-state index is 9.71. The Balaban J connectivity index is 2.59. The quantitative estimate of drug-likeness (QED) is 0.731. The number of aliphatic hydroxyl groups is 1. The third-order valence-corrected chi connectivity index (χ3v) is 4.35. The lowest BCUT2D eigenvalue weighted by Gasteiger charge is -2.42. The van der Waals surface area contributed by atoms with Crippen molar-refractivity contribution in [2.45, 2.75) is 77.3 Å². The molecule has 0 saturated heterocycles. The van der Waals surface area contributed by atoms with E-state index >= 15 is 0 Å². The van der Waals surface area contributed by atoms with Crippen LogP contribution in [0.2, 0.25) is 0 Å². The van der Waals surface area contributed by atoms with E-state index in [2.05, 4.69) is 26.1 Å². The van der Waals surface area contributed by atoms with Crippen LogP contribution in [-0.2, 0) is 0 Å². The minimum Gasteiger partial charge on any atom is -0.394 e. The Morgan fingerprint density at radius 3 is 2.19 bits per heavy atom. The molecule has 0 spiro atoms. The molecular formula is C14H29NO. The molecule has 0 heterocycles. The fourth-order valence-electron chi connectivity index (χ4n) is 2.99. The molecule has 1 atom stereocenters. The van der Waals surface area contributed by atoms with Gasteiger partial charge in [-0.15, -0.1) is 0 Å². The summed E-state index contributed by atoms with van der Waals surface area (Å²) in [6.07, 6.45) is 8.92. The zero-order chi connectivity index (χ0) is 12.0. The van der Waals surface area contributed by atoms with Gasteiger partial charge in [-0.2, -0.15) is 0 Å². The Morgan fingerprint density at radius 1 is 1.19 bits per heavy atom. The molecule has 0 amide bonds. The van der Waals surface area contributed by atoms with Crippen molar-refractivity contribution in [2.24, 2.45) is 5.92 Å². The van der Waals surface area contributed by atoms with Gasteiger partial charge in [0, 0.05) is 11.6 Å². The van der Waals surface area contributed by atoms with E-state index in [1.807, 2.05) is 0 Å². The molecule has 16 heavy (non-hydrogen) atoms. The average molecular weight is 227 g/mol. The lowest BCUT2D eigenvalue weighted by Crippen LogP contribution is -2.56. The molecule has 0 aromatic rings. The molecule has 1 fully saturated rings. The van der Waals surface area contributed by atoms with Gasteiger partial charge in [0.25, 0.3) is 0 Å². The SMILES string of the molecule is CCC(CC)NC(C)(CO)C1CCCCC1. The summed E-state index contributed by atoms with van der Waals surface area (Å²) in [7, 11) is 0. The Morgan fingerprint density at radius 2 is 1.75 bits per heavy atom.